The second-order valence-corrected chi connectivity index (χ2v) is 5.25. The van der Waals surface area contributed by atoms with Gasteiger partial charge < -0.3 is 10.1 Å². The van der Waals surface area contributed by atoms with Gasteiger partial charge in [0.2, 0.25) is 0 Å². The topological polar surface area (TPSA) is 41.6 Å². The predicted octanol–water partition coefficient (Wildman–Crippen LogP) is 1.01. The van der Waals surface area contributed by atoms with Crippen LogP contribution in [0.15, 0.2) is 0 Å². The van der Waals surface area contributed by atoms with Crippen LogP contribution < -0.4 is 5.32 Å². The Morgan fingerprint density at radius 2 is 2.00 bits per heavy atom. The van der Waals surface area contributed by atoms with Crippen LogP contribution in [0.2, 0.25) is 0 Å². The van der Waals surface area contributed by atoms with Gasteiger partial charge in [0.25, 0.3) is 0 Å². The van der Waals surface area contributed by atoms with Crippen LogP contribution in [0.25, 0.3) is 0 Å². The highest BCUT2D eigenvalue weighted by Crippen LogP contribution is 2.29. The van der Waals surface area contributed by atoms with E-state index in [4.69, 9.17) is 4.74 Å². The summed E-state index contributed by atoms with van der Waals surface area (Å²) < 4.78 is 4.72. The van der Waals surface area contributed by atoms with Crippen LogP contribution in [0, 0.1) is 5.92 Å². The molecule has 2 fully saturated rings. The highest BCUT2D eigenvalue weighted by Gasteiger charge is 2.30. The highest BCUT2D eigenvalue weighted by molar-refractivity contribution is 5.69. The van der Waals surface area contributed by atoms with Gasteiger partial charge in [0.1, 0.15) is 0 Å². The lowest BCUT2D eigenvalue weighted by molar-refractivity contribution is -0.141. The first-order valence-electron chi connectivity index (χ1n) is 6.81. The summed E-state index contributed by atoms with van der Waals surface area (Å²) in [5.41, 5.74) is 0. The second-order valence-electron chi connectivity index (χ2n) is 5.25. The average molecular weight is 240 g/mol. The third-order valence-corrected chi connectivity index (χ3v) is 3.85. The van der Waals surface area contributed by atoms with E-state index in [1.165, 1.54) is 39.3 Å². The number of ether oxygens (including phenoxy) is 1. The molecule has 0 aromatic carbocycles. The molecule has 4 nitrogen and oxygen atoms in total. The largest absolute Gasteiger partial charge is 0.469 e. The number of rotatable bonds is 6. The first-order chi connectivity index (χ1) is 8.29. The zero-order valence-corrected chi connectivity index (χ0v) is 10.8. The molecule has 1 N–H and O–H groups in total. The van der Waals surface area contributed by atoms with Crippen molar-refractivity contribution in [3.05, 3.63) is 0 Å². The summed E-state index contributed by atoms with van der Waals surface area (Å²) in [5.74, 6) is 0.732. The van der Waals surface area contributed by atoms with Gasteiger partial charge in [0.15, 0.2) is 0 Å². The number of piperidine rings is 1. The number of nitrogens with one attached hydrogen (secondary N) is 1. The van der Waals surface area contributed by atoms with Gasteiger partial charge in [0.05, 0.1) is 13.5 Å². The quantitative estimate of drug-likeness (QED) is 0.704. The lowest BCUT2D eigenvalue weighted by Crippen LogP contribution is -2.38. The second kappa shape index (κ2) is 6.36. The molecule has 0 unspecified atom stereocenters. The molecule has 0 amide bonds. The highest BCUT2D eigenvalue weighted by atomic mass is 16.5. The lowest BCUT2D eigenvalue weighted by atomic mass is 9.97. The van der Waals surface area contributed by atoms with Crippen molar-refractivity contribution in [2.75, 3.05) is 33.3 Å². The summed E-state index contributed by atoms with van der Waals surface area (Å²) in [6.07, 6.45) is 5.72. The van der Waals surface area contributed by atoms with Gasteiger partial charge in [-0.3, -0.25) is 9.69 Å². The molecule has 2 aliphatic rings. The van der Waals surface area contributed by atoms with E-state index in [9.17, 15) is 4.79 Å². The van der Waals surface area contributed by atoms with Crippen molar-refractivity contribution in [2.45, 2.75) is 38.1 Å². The number of methoxy groups -OCH3 is 1. The summed E-state index contributed by atoms with van der Waals surface area (Å²) in [6, 6.07) is 0.745. The zero-order chi connectivity index (χ0) is 12.1. The number of carbonyl (C=O) groups excluding carboxylic acids is 1. The van der Waals surface area contributed by atoms with Crippen LogP contribution >= 0.6 is 0 Å². The van der Waals surface area contributed by atoms with E-state index in [1.807, 2.05) is 0 Å². The Morgan fingerprint density at radius 1 is 1.29 bits per heavy atom. The van der Waals surface area contributed by atoms with Crippen LogP contribution in [0.4, 0.5) is 0 Å². The van der Waals surface area contributed by atoms with Crippen molar-refractivity contribution in [1.29, 1.82) is 0 Å². The average Bonchev–Trinajstić information content (AvgIpc) is 3.19. The van der Waals surface area contributed by atoms with Gasteiger partial charge in [-0.1, -0.05) is 0 Å². The fraction of sp³-hybridized carbons (Fsp3) is 0.923. The van der Waals surface area contributed by atoms with Gasteiger partial charge in [-0.15, -0.1) is 0 Å². The van der Waals surface area contributed by atoms with E-state index in [0.717, 1.165) is 31.6 Å². The predicted molar refractivity (Wildman–Crippen MR) is 66.8 cm³/mol. The number of nitrogens with zero attached hydrogens (tertiary/aromatic N) is 1. The van der Waals surface area contributed by atoms with Crippen molar-refractivity contribution in [1.82, 2.24) is 10.2 Å². The van der Waals surface area contributed by atoms with Crippen molar-refractivity contribution >= 4 is 5.97 Å². The van der Waals surface area contributed by atoms with Crippen molar-refractivity contribution < 1.29 is 9.53 Å². The maximum atomic E-state index is 11.2. The minimum atomic E-state index is -0.0824. The van der Waals surface area contributed by atoms with Crippen molar-refractivity contribution in [3.8, 4) is 0 Å². The fourth-order valence-corrected chi connectivity index (χ4v) is 2.60. The van der Waals surface area contributed by atoms with E-state index >= 15 is 0 Å². The van der Waals surface area contributed by atoms with Crippen LogP contribution in [-0.4, -0.2) is 50.2 Å². The van der Waals surface area contributed by atoms with Crippen LogP contribution in [-0.2, 0) is 9.53 Å². The number of hydrogen-bond donors (Lipinski definition) is 1. The van der Waals surface area contributed by atoms with Crippen LogP contribution in [0.1, 0.15) is 32.1 Å². The Kier molecular flexibility index (Phi) is 4.80. The first-order valence-corrected chi connectivity index (χ1v) is 6.81. The molecule has 1 aliphatic heterocycles. The molecule has 0 aromatic heterocycles. The molecule has 4 heteroatoms. The molecule has 0 spiro atoms. The van der Waals surface area contributed by atoms with E-state index in [1.54, 1.807) is 0 Å². The van der Waals surface area contributed by atoms with Gasteiger partial charge in [-0.25, -0.2) is 0 Å². The molecule has 0 radical (unpaired) electrons. The molecule has 0 atom stereocenters. The number of carbonyl (C=O) groups is 1. The van der Waals surface area contributed by atoms with Gasteiger partial charge in [-0.2, -0.15) is 0 Å². The minimum absolute atomic E-state index is 0.0824. The van der Waals surface area contributed by atoms with E-state index < -0.39 is 0 Å². The fourth-order valence-electron chi connectivity index (χ4n) is 2.60. The maximum absolute atomic E-state index is 11.2. The van der Waals surface area contributed by atoms with Crippen molar-refractivity contribution in [3.63, 3.8) is 0 Å². The Bertz CT molecular complexity index is 248. The summed E-state index contributed by atoms with van der Waals surface area (Å²) >= 11 is 0. The summed E-state index contributed by atoms with van der Waals surface area (Å²) in [5, 5.41) is 3.40. The smallest absolute Gasteiger partial charge is 0.306 e. The number of hydrogen-bond acceptors (Lipinski definition) is 4. The summed E-state index contributed by atoms with van der Waals surface area (Å²) in [6.45, 7) is 4.35. The number of esters is 1. The Hall–Kier alpha value is -0.610. The van der Waals surface area contributed by atoms with E-state index in [2.05, 4.69) is 10.2 Å². The van der Waals surface area contributed by atoms with E-state index in [0.29, 0.717) is 6.42 Å². The molecule has 98 valence electrons. The zero-order valence-electron chi connectivity index (χ0n) is 10.8. The Labute approximate surface area is 104 Å². The summed E-state index contributed by atoms with van der Waals surface area (Å²) in [4.78, 5) is 13.7. The van der Waals surface area contributed by atoms with Crippen molar-refractivity contribution in [2.24, 2.45) is 5.92 Å². The molecule has 1 saturated heterocycles. The molecule has 0 bridgehead atoms. The van der Waals surface area contributed by atoms with E-state index in [-0.39, 0.29) is 5.97 Å². The third kappa shape index (κ3) is 4.28. The summed E-state index contributed by atoms with van der Waals surface area (Å²) in [7, 11) is 1.47. The SMILES string of the molecule is COC(=O)CCN(CC1CCNCC1)C1CC1. The Morgan fingerprint density at radius 3 is 2.59 bits per heavy atom. The molecule has 0 aromatic rings. The van der Waals surface area contributed by atoms with Gasteiger partial charge in [0, 0.05) is 19.1 Å². The monoisotopic (exact) mass is 240 g/mol. The lowest BCUT2D eigenvalue weighted by Gasteiger charge is -2.29. The normalized spacial score (nSPS) is 21.8. The molecule has 2 rings (SSSR count). The minimum Gasteiger partial charge on any atom is -0.469 e. The third-order valence-electron chi connectivity index (χ3n) is 3.85. The maximum Gasteiger partial charge on any atom is 0.306 e. The molecule has 1 heterocycles. The first kappa shape index (κ1) is 12.8. The molecule has 1 aliphatic carbocycles. The molecule has 17 heavy (non-hydrogen) atoms. The van der Waals surface area contributed by atoms with Gasteiger partial charge >= 0.3 is 5.97 Å². The standard InChI is InChI=1S/C13H24N2O2/c1-17-13(16)6-9-15(12-2-3-12)10-11-4-7-14-8-5-11/h11-12,14H,2-10H2,1H3. The molecule has 1 saturated carbocycles. The molecular weight excluding hydrogens is 216 g/mol. The molecular formula is C13H24N2O2. The Balaban J connectivity index is 1.73. The van der Waals surface area contributed by atoms with Crippen LogP contribution in [0.5, 0.6) is 0 Å². The van der Waals surface area contributed by atoms with Gasteiger partial charge in [-0.05, 0) is 44.7 Å². The van der Waals surface area contributed by atoms with Crippen LogP contribution in [0.3, 0.4) is 0 Å².